The van der Waals surface area contributed by atoms with Crippen molar-refractivity contribution in [1.29, 1.82) is 0 Å². The quantitative estimate of drug-likeness (QED) is 0.708. The van der Waals surface area contributed by atoms with E-state index in [2.05, 4.69) is 22.0 Å². The highest BCUT2D eigenvalue weighted by Crippen LogP contribution is 2.33. The molecule has 0 aliphatic carbocycles. The van der Waals surface area contributed by atoms with Gasteiger partial charge in [-0.25, -0.2) is 0 Å². The predicted molar refractivity (Wildman–Crippen MR) is 63.9 cm³/mol. The van der Waals surface area contributed by atoms with Gasteiger partial charge in [-0.3, -0.25) is 4.99 Å². The van der Waals surface area contributed by atoms with E-state index in [1.807, 2.05) is 18.3 Å². The van der Waals surface area contributed by atoms with Gasteiger partial charge in [-0.05, 0) is 30.2 Å². The van der Waals surface area contributed by atoms with Gasteiger partial charge in [-0.2, -0.15) is 0 Å². The minimum absolute atomic E-state index is 0.798. The molecule has 2 aliphatic heterocycles. The molecule has 76 valence electrons. The van der Waals surface area contributed by atoms with E-state index in [9.17, 15) is 0 Å². The van der Waals surface area contributed by atoms with Crippen molar-refractivity contribution in [3.05, 3.63) is 40.6 Å². The number of hydrogen-bond acceptors (Lipinski definition) is 2. The first-order valence-electron chi connectivity index (χ1n) is 5.09. The average molecular weight is 219 g/mol. The summed E-state index contributed by atoms with van der Waals surface area (Å²) in [7, 11) is 0. The molecule has 2 aliphatic rings. The minimum Gasteiger partial charge on any atom is -0.343 e. The summed E-state index contributed by atoms with van der Waals surface area (Å²) in [6.45, 7) is 1.84. The molecule has 2 heterocycles. The number of anilines is 1. The van der Waals surface area contributed by atoms with Crippen molar-refractivity contribution in [2.24, 2.45) is 4.99 Å². The van der Waals surface area contributed by atoms with Crippen LogP contribution in [0.25, 0.3) is 0 Å². The van der Waals surface area contributed by atoms with Crippen LogP contribution in [0.3, 0.4) is 0 Å². The van der Waals surface area contributed by atoms with Crippen molar-refractivity contribution in [2.45, 2.75) is 6.42 Å². The molecule has 1 aromatic carbocycles. The SMILES string of the molecule is Clc1ccc2c(c1)N(C1=CC=NC1)CC2. The summed E-state index contributed by atoms with van der Waals surface area (Å²) in [6, 6.07) is 6.13. The van der Waals surface area contributed by atoms with Crippen molar-refractivity contribution in [1.82, 2.24) is 0 Å². The van der Waals surface area contributed by atoms with Crippen LogP contribution in [0.1, 0.15) is 5.56 Å². The molecule has 0 N–H and O–H groups in total. The van der Waals surface area contributed by atoms with Gasteiger partial charge in [0.2, 0.25) is 0 Å². The highest BCUT2D eigenvalue weighted by Gasteiger charge is 2.22. The molecule has 15 heavy (non-hydrogen) atoms. The second-order valence-electron chi connectivity index (χ2n) is 3.82. The van der Waals surface area contributed by atoms with Gasteiger partial charge in [0.05, 0.1) is 6.54 Å². The fourth-order valence-corrected chi connectivity index (χ4v) is 2.33. The van der Waals surface area contributed by atoms with E-state index in [1.54, 1.807) is 0 Å². The van der Waals surface area contributed by atoms with Crippen molar-refractivity contribution in [3.63, 3.8) is 0 Å². The third kappa shape index (κ3) is 1.45. The molecule has 2 nitrogen and oxygen atoms in total. The number of rotatable bonds is 1. The number of halogens is 1. The molecule has 0 bridgehead atoms. The van der Waals surface area contributed by atoms with Crippen molar-refractivity contribution in [2.75, 3.05) is 18.0 Å². The number of allylic oxidation sites excluding steroid dienone is 1. The first-order chi connectivity index (χ1) is 7.34. The molecule has 0 atom stereocenters. The van der Waals surface area contributed by atoms with Gasteiger partial charge in [0.25, 0.3) is 0 Å². The summed E-state index contributed by atoms with van der Waals surface area (Å²) in [5.74, 6) is 0. The molecule has 0 radical (unpaired) electrons. The normalized spacial score (nSPS) is 18.2. The third-order valence-electron chi connectivity index (χ3n) is 2.92. The molecule has 3 heteroatoms. The molecule has 3 rings (SSSR count). The van der Waals surface area contributed by atoms with Gasteiger partial charge in [-0.1, -0.05) is 17.7 Å². The van der Waals surface area contributed by atoms with Crippen LogP contribution in [0.4, 0.5) is 5.69 Å². The van der Waals surface area contributed by atoms with Gasteiger partial charge in [-0.15, -0.1) is 0 Å². The van der Waals surface area contributed by atoms with E-state index in [4.69, 9.17) is 11.6 Å². The van der Waals surface area contributed by atoms with Gasteiger partial charge in [0.15, 0.2) is 0 Å². The van der Waals surface area contributed by atoms with Crippen molar-refractivity contribution >= 4 is 23.5 Å². The Morgan fingerprint density at radius 1 is 1.33 bits per heavy atom. The molecule has 1 aromatic rings. The maximum Gasteiger partial charge on any atom is 0.0792 e. The van der Waals surface area contributed by atoms with Gasteiger partial charge in [0.1, 0.15) is 0 Å². The lowest BCUT2D eigenvalue weighted by Crippen LogP contribution is -2.20. The van der Waals surface area contributed by atoms with Crippen LogP contribution in [0.2, 0.25) is 5.02 Å². The summed E-state index contributed by atoms with van der Waals surface area (Å²) in [6.07, 6.45) is 5.05. The Kier molecular flexibility index (Phi) is 2.03. The maximum atomic E-state index is 6.02. The Balaban J connectivity index is 2.00. The summed E-state index contributed by atoms with van der Waals surface area (Å²) in [5.41, 5.74) is 3.91. The fraction of sp³-hybridized carbons (Fsp3) is 0.250. The van der Waals surface area contributed by atoms with Crippen LogP contribution in [0.15, 0.2) is 35.0 Å². The van der Waals surface area contributed by atoms with Crippen LogP contribution in [-0.2, 0) is 6.42 Å². The van der Waals surface area contributed by atoms with Crippen LogP contribution in [0.5, 0.6) is 0 Å². The molecular weight excluding hydrogens is 208 g/mol. The average Bonchev–Trinajstić information content (AvgIpc) is 2.83. The Hall–Kier alpha value is -1.28. The first kappa shape index (κ1) is 8.98. The van der Waals surface area contributed by atoms with E-state index in [-0.39, 0.29) is 0 Å². The molecule has 0 saturated heterocycles. The van der Waals surface area contributed by atoms with Crippen molar-refractivity contribution < 1.29 is 0 Å². The number of benzene rings is 1. The number of nitrogens with zero attached hydrogens (tertiary/aromatic N) is 2. The van der Waals surface area contributed by atoms with Gasteiger partial charge in [0, 0.05) is 29.2 Å². The van der Waals surface area contributed by atoms with Crippen molar-refractivity contribution in [3.8, 4) is 0 Å². The zero-order chi connectivity index (χ0) is 10.3. The van der Waals surface area contributed by atoms with Gasteiger partial charge < -0.3 is 4.90 Å². The van der Waals surface area contributed by atoms with E-state index in [0.29, 0.717) is 0 Å². The predicted octanol–water partition coefficient (Wildman–Crippen LogP) is 2.67. The second-order valence-corrected chi connectivity index (χ2v) is 4.26. The van der Waals surface area contributed by atoms with Crippen LogP contribution >= 0.6 is 11.6 Å². The molecule has 0 unspecified atom stereocenters. The zero-order valence-electron chi connectivity index (χ0n) is 8.28. The monoisotopic (exact) mass is 218 g/mol. The molecule has 0 amide bonds. The lowest BCUT2D eigenvalue weighted by Gasteiger charge is -2.20. The topological polar surface area (TPSA) is 15.6 Å². The lowest BCUT2D eigenvalue weighted by molar-refractivity contribution is 0.922. The fourth-order valence-electron chi connectivity index (χ4n) is 2.16. The van der Waals surface area contributed by atoms with Crippen LogP contribution < -0.4 is 4.90 Å². The smallest absolute Gasteiger partial charge is 0.0792 e. The van der Waals surface area contributed by atoms with Gasteiger partial charge >= 0.3 is 0 Å². The Morgan fingerprint density at radius 2 is 2.27 bits per heavy atom. The number of aliphatic imine (C=N–C) groups is 1. The van der Waals surface area contributed by atoms with E-state index < -0.39 is 0 Å². The standard InChI is InChI=1S/C12H11ClN2/c13-10-2-1-9-4-6-15(12(9)7-10)11-3-5-14-8-11/h1-3,5,7H,4,6,8H2. The number of hydrogen-bond donors (Lipinski definition) is 0. The lowest BCUT2D eigenvalue weighted by atomic mass is 10.2. The first-order valence-corrected chi connectivity index (χ1v) is 5.47. The summed E-state index contributed by atoms with van der Waals surface area (Å²) < 4.78 is 0. The Morgan fingerprint density at radius 3 is 3.07 bits per heavy atom. The highest BCUT2D eigenvalue weighted by atomic mass is 35.5. The molecule has 0 fully saturated rings. The maximum absolute atomic E-state index is 6.02. The summed E-state index contributed by atoms with van der Waals surface area (Å²) in [4.78, 5) is 6.53. The van der Waals surface area contributed by atoms with E-state index in [1.165, 1.54) is 16.9 Å². The Labute approximate surface area is 93.9 Å². The van der Waals surface area contributed by atoms with E-state index in [0.717, 1.165) is 24.5 Å². The molecule has 0 aromatic heterocycles. The largest absolute Gasteiger partial charge is 0.343 e. The van der Waals surface area contributed by atoms with Crippen LogP contribution in [0, 0.1) is 0 Å². The van der Waals surface area contributed by atoms with Crippen LogP contribution in [-0.4, -0.2) is 19.3 Å². The molecular formula is C12H11ClN2. The molecule has 0 spiro atoms. The number of fused-ring (bicyclic) bond motifs is 1. The summed E-state index contributed by atoms with van der Waals surface area (Å²) >= 11 is 6.02. The molecule has 0 saturated carbocycles. The zero-order valence-corrected chi connectivity index (χ0v) is 9.04. The Bertz CT molecular complexity index is 463. The third-order valence-corrected chi connectivity index (χ3v) is 3.15. The van der Waals surface area contributed by atoms with E-state index >= 15 is 0 Å². The summed E-state index contributed by atoms with van der Waals surface area (Å²) in [5, 5.41) is 0.806. The highest BCUT2D eigenvalue weighted by molar-refractivity contribution is 6.30. The minimum atomic E-state index is 0.798. The second kappa shape index (κ2) is 3.38.